The van der Waals surface area contributed by atoms with E-state index in [4.69, 9.17) is 14.2 Å². The fraction of sp³-hybridized carbons (Fsp3) is 0.947. The van der Waals surface area contributed by atoms with Gasteiger partial charge in [0.1, 0.15) is 0 Å². The number of ether oxygens (including phenoxy) is 3. The van der Waals surface area contributed by atoms with Crippen LogP contribution >= 0.6 is 0 Å². The zero-order valence-electron chi connectivity index (χ0n) is 29.8. The van der Waals surface area contributed by atoms with Crippen molar-refractivity contribution in [3.05, 3.63) is 12.2 Å². The van der Waals surface area contributed by atoms with Crippen LogP contribution in [0.15, 0.2) is 12.2 Å². The predicted octanol–water partition coefficient (Wildman–Crippen LogP) is 10.7. The van der Waals surface area contributed by atoms with Gasteiger partial charge < -0.3 is 19.3 Å². The summed E-state index contributed by atoms with van der Waals surface area (Å²) in [7, 11) is 0. The summed E-state index contributed by atoms with van der Waals surface area (Å²) in [5.41, 5.74) is 1.40. The zero-order valence-corrected chi connectivity index (χ0v) is 29.8. The minimum absolute atomic E-state index is 0.0738. The molecule has 3 rings (SSSR count). The third-order valence-corrected chi connectivity index (χ3v) is 8.93. The molecule has 1 N–H and O–H groups in total. The van der Waals surface area contributed by atoms with Crippen LogP contribution < -0.4 is 0 Å². The molecule has 0 saturated heterocycles. The van der Waals surface area contributed by atoms with Crippen molar-refractivity contribution in [2.75, 3.05) is 0 Å². The van der Waals surface area contributed by atoms with Gasteiger partial charge >= 0.3 is 0 Å². The molecule has 0 aromatic carbocycles. The topological polar surface area (TPSA) is 47.9 Å². The van der Waals surface area contributed by atoms with E-state index >= 15 is 0 Å². The highest BCUT2D eigenvalue weighted by Gasteiger charge is 2.22. The Kier molecular flexibility index (Phi) is 20.9. The van der Waals surface area contributed by atoms with Crippen molar-refractivity contribution in [3.63, 3.8) is 0 Å². The average molecular weight is 595 g/mol. The van der Waals surface area contributed by atoms with Crippen molar-refractivity contribution in [2.24, 2.45) is 23.7 Å². The number of aliphatic hydroxyl groups is 1. The average Bonchev–Trinajstić information content (AvgIpc) is 2.87. The molecule has 0 aromatic rings. The molecule has 3 atom stereocenters. The lowest BCUT2D eigenvalue weighted by Crippen LogP contribution is -2.28. The van der Waals surface area contributed by atoms with E-state index in [1.165, 1.54) is 69.8 Å². The monoisotopic (exact) mass is 595 g/mol. The Morgan fingerprint density at radius 3 is 1.19 bits per heavy atom. The maximum Gasteiger partial charge on any atom is 0.0584 e. The molecule has 3 saturated carbocycles. The predicted molar refractivity (Wildman–Crippen MR) is 181 cm³/mol. The lowest BCUT2D eigenvalue weighted by Gasteiger charge is -2.29. The highest BCUT2D eigenvalue weighted by atomic mass is 16.5. The second-order valence-corrected chi connectivity index (χ2v) is 15.5. The molecular weight excluding hydrogens is 520 g/mol. The smallest absolute Gasteiger partial charge is 0.0584 e. The minimum atomic E-state index is -0.0738. The molecule has 42 heavy (non-hydrogen) atoms. The first kappa shape index (κ1) is 39.6. The highest BCUT2D eigenvalue weighted by Crippen LogP contribution is 2.28. The summed E-state index contributed by atoms with van der Waals surface area (Å²) in [4.78, 5) is 0. The molecule has 0 bridgehead atoms. The number of hydrogen-bond donors (Lipinski definition) is 1. The first-order valence-corrected chi connectivity index (χ1v) is 18.0. The van der Waals surface area contributed by atoms with Gasteiger partial charge in [-0.1, -0.05) is 60.6 Å². The van der Waals surface area contributed by atoms with Crippen LogP contribution in [0.25, 0.3) is 0 Å². The van der Waals surface area contributed by atoms with Gasteiger partial charge in [0.05, 0.1) is 42.7 Å². The van der Waals surface area contributed by atoms with Crippen molar-refractivity contribution < 1.29 is 19.3 Å². The van der Waals surface area contributed by atoms with Crippen LogP contribution in [0.1, 0.15) is 166 Å². The molecule has 4 heteroatoms. The third kappa shape index (κ3) is 20.5. The van der Waals surface area contributed by atoms with Crippen molar-refractivity contribution in [3.8, 4) is 0 Å². The number of allylic oxidation sites excluding steroid dienone is 1. The Hall–Kier alpha value is -0.420. The van der Waals surface area contributed by atoms with Crippen molar-refractivity contribution >= 4 is 0 Å². The van der Waals surface area contributed by atoms with E-state index in [-0.39, 0.29) is 6.10 Å². The summed E-state index contributed by atoms with van der Waals surface area (Å²) in [6.07, 6.45) is 20.0. The van der Waals surface area contributed by atoms with E-state index in [0.717, 1.165) is 49.9 Å². The zero-order chi connectivity index (χ0) is 31.7. The SMILES string of the molecule is C=C1CCC(O[C@H](C)CC(C)C)CC1.CC(C)C[C@@H](C)OC1CCC(C)CC1.CC(C)C[C@@H](C)OC1CCC(O)CC1. The van der Waals surface area contributed by atoms with Gasteiger partial charge in [0.2, 0.25) is 0 Å². The summed E-state index contributed by atoms with van der Waals surface area (Å²) in [6.45, 7) is 26.4. The van der Waals surface area contributed by atoms with Crippen LogP contribution in [0.2, 0.25) is 0 Å². The maximum atomic E-state index is 9.35. The second kappa shape index (κ2) is 22.1. The Bertz CT molecular complexity index is 612. The Morgan fingerprint density at radius 2 is 0.857 bits per heavy atom. The molecule has 0 aromatic heterocycles. The van der Waals surface area contributed by atoms with E-state index in [0.29, 0.717) is 42.5 Å². The van der Waals surface area contributed by atoms with Gasteiger partial charge in [-0.15, -0.1) is 0 Å². The van der Waals surface area contributed by atoms with E-state index in [9.17, 15) is 5.11 Å². The molecule has 250 valence electrons. The molecule has 4 nitrogen and oxygen atoms in total. The molecular formula is C38H74O4. The molecule has 0 unspecified atom stereocenters. The van der Waals surface area contributed by atoms with Crippen LogP contribution in [0, 0.1) is 23.7 Å². The molecule has 3 fully saturated rings. The summed E-state index contributed by atoms with van der Waals surface area (Å²) in [5, 5.41) is 9.35. The molecule has 0 heterocycles. The van der Waals surface area contributed by atoms with Crippen LogP contribution in [0.3, 0.4) is 0 Å². The fourth-order valence-electron chi connectivity index (χ4n) is 6.83. The van der Waals surface area contributed by atoms with Crippen LogP contribution in [0.5, 0.6) is 0 Å². The Labute approximate surface area is 263 Å². The normalized spacial score (nSPS) is 27.6. The van der Waals surface area contributed by atoms with Crippen molar-refractivity contribution in [1.82, 2.24) is 0 Å². The lowest BCUT2D eigenvalue weighted by atomic mass is 9.89. The van der Waals surface area contributed by atoms with Gasteiger partial charge in [-0.25, -0.2) is 0 Å². The Morgan fingerprint density at radius 1 is 0.548 bits per heavy atom. The van der Waals surface area contributed by atoms with E-state index in [1.54, 1.807) is 0 Å². The molecule has 3 aliphatic rings. The van der Waals surface area contributed by atoms with E-state index < -0.39 is 0 Å². The van der Waals surface area contributed by atoms with E-state index in [2.05, 4.69) is 75.8 Å². The lowest BCUT2D eigenvalue weighted by molar-refractivity contribution is -0.0470. The highest BCUT2D eigenvalue weighted by molar-refractivity contribution is 4.98. The quantitative estimate of drug-likeness (QED) is 0.228. The third-order valence-electron chi connectivity index (χ3n) is 8.93. The second-order valence-electron chi connectivity index (χ2n) is 15.5. The van der Waals surface area contributed by atoms with Crippen LogP contribution in [-0.4, -0.2) is 47.8 Å². The largest absolute Gasteiger partial charge is 0.393 e. The van der Waals surface area contributed by atoms with Crippen LogP contribution in [-0.2, 0) is 14.2 Å². The van der Waals surface area contributed by atoms with Gasteiger partial charge in [0.15, 0.2) is 0 Å². The number of hydrogen-bond acceptors (Lipinski definition) is 4. The van der Waals surface area contributed by atoms with Gasteiger partial charge in [-0.3, -0.25) is 0 Å². The van der Waals surface area contributed by atoms with Crippen LogP contribution in [0.4, 0.5) is 0 Å². The summed E-state index contributed by atoms with van der Waals surface area (Å²) < 4.78 is 18.0. The molecule has 3 aliphatic carbocycles. The standard InChI is InChI=1S/C13H26O.C13H24O.C12H24O2/c2*1-10(2)9-12(4)14-13-7-5-11(3)6-8-13;1-9(2)8-10(3)14-12-6-4-11(13)5-7-12/h10-13H,5-9H2,1-4H3;10,12-13H,3,5-9H2,1-2,4H3;9-13H,4-8H2,1-3H3/t11?,12-,13?;12-;10-,11?,12?/m111/s1. The first-order chi connectivity index (χ1) is 19.7. The van der Waals surface area contributed by atoms with Gasteiger partial charge in [-0.2, -0.15) is 0 Å². The maximum absolute atomic E-state index is 9.35. The van der Waals surface area contributed by atoms with E-state index in [1.807, 2.05) is 0 Å². The van der Waals surface area contributed by atoms with Gasteiger partial charge in [-0.05, 0) is 141 Å². The minimum Gasteiger partial charge on any atom is -0.393 e. The molecule has 0 amide bonds. The first-order valence-electron chi connectivity index (χ1n) is 18.0. The molecule has 0 spiro atoms. The van der Waals surface area contributed by atoms with Crippen molar-refractivity contribution in [2.45, 2.75) is 208 Å². The summed E-state index contributed by atoms with van der Waals surface area (Å²) >= 11 is 0. The molecule has 0 aliphatic heterocycles. The van der Waals surface area contributed by atoms with Gasteiger partial charge in [0.25, 0.3) is 0 Å². The summed E-state index contributed by atoms with van der Waals surface area (Å²) in [5.74, 6) is 3.13. The number of aliphatic hydroxyl groups excluding tert-OH is 1. The Balaban J connectivity index is 0.000000315. The fourth-order valence-corrected chi connectivity index (χ4v) is 6.83. The van der Waals surface area contributed by atoms with Crippen molar-refractivity contribution in [1.29, 1.82) is 0 Å². The number of rotatable bonds is 12. The molecule has 0 radical (unpaired) electrons. The summed E-state index contributed by atoms with van der Waals surface area (Å²) in [6, 6.07) is 0. The van der Waals surface area contributed by atoms with Gasteiger partial charge in [0, 0.05) is 0 Å².